The number of nitrogens with zero attached hydrogens (tertiary/aromatic N) is 6. The van der Waals surface area contributed by atoms with Crippen LogP contribution < -0.4 is 15.5 Å². The largest absolute Gasteiger partial charge is 0.477 e. The zero-order valence-electron chi connectivity index (χ0n) is 24.9. The molecule has 3 aromatic heterocycles. The Morgan fingerprint density at radius 3 is 2.29 bits per heavy atom. The highest BCUT2D eigenvalue weighted by Gasteiger charge is 2.26. The molecule has 4 heterocycles. The van der Waals surface area contributed by atoms with Crippen LogP contribution in [0.3, 0.4) is 0 Å². The summed E-state index contributed by atoms with van der Waals surface area (Å²) in [6, 6.07) is 5.74. The molecule has 0 aromatic carbocycles. The molecule has 42 heavy (non-hydrogen) atoms. The van der Waals surface area contributed by atoms with E-state index in [9.17, 15) is 14.7 Å². The molecule has 1 amide bonds. The number of aromatic carboxylic acids is 1. The van der Waals surface area contributed by atoms with E-state index in [2.05, 4.69) is 30.5 Å². The minimum atomic E-state index is -0.944. The molecule has 2 aliphatic carbocycles. The fraction of sp³-hybridized carbons (Fsp3) is 0.581. The molecule has 0 radical (unpaired) electrons. The number of carboxylic acids is 1. The van der Waals surface area contributed by atoms with Crippen molar-refractivity contribution in [2.75, 3.05) is 50.5 Å². The van der Waals surface area contributed by atoms with Gasteiger partial charge in [-0.15, -0.1) is 0 Å². The van der Waals surface area contributed by atoms with E-state index in [4.69, 9.17) is 0 Å². The minimum absolute atomic E-state index is 0.150. The van der Waals surface area contributed by atoms with Crippen LogP contribution in [-0.4, -0.2) is 81.7 Å². The van der Waals surface area contributed by atoms with Crippen LogP contribution >= 0.6 is 0 Å². The molecule has 6 rings (SSSR count). The van der Waals surface area contributed by atoms with E-state index < -0.39 is 5.97 Å². The minimum Gasteiger partial charge on any atom is -0.477 e. The second-order valence-electron chi connectivity index (χ2n) is 11.7. The van der Waals surface area contributed by atoms with Crippen molar-refractivity contribution in [3.8, 4) is 0 Å². The summed E-state index contributed by atoms with van der Waals surface area (Å²) < 4.78 is 1.87. The lowest BCUT2D eigenvalue weighted by Crippen LogP contribution is -2.48. The van der Waals surface area contributed by atoms with E-state index in [0.717, 1.165) is 75.3 Å². The number of hydrogen-bond donors (Lipinski definition) is 3. The maximum absolute atomic E-state index is 12.7. The first kappa shape index (κ1) is 29.8. The Morgan fingerprint density at radius 1 is 0.952 bits per heavy atom. The van der Waals surface area contributed by atoms with Crippen LogP contribution in [0.25, 0.3) is 11.0 Å². The van der Waals surface area contributed by atoms with Gasteiger partial charge in [-0.05, 0) is 57.5 Å². The molecule has 0 unspecified atom stereocenters. The first-order valence-corrected chi connectivity index (χ1v) is 15.4. The van der Waals surface area contributed by atoms with Crippen LogP contribution in [0.5, 0.6) is 0 Å². The number of amides is 1. The van der Waals surface area contributed by atoms with Gasteiger partial charge in [0.2, 0.25) is 11.9 Å². The van der Waals surface area contributed by atoms with Gasteiger partial charge in [0.15, 0.2) is 0 Å². The van der Waals surface area contributed by atoms with Gasteiger partial charge in [0.25, 0.3) is 0 Å². The lowest BCUT2D eigenvalue weighted by atomic mass is 10.0. The van der Waals surface area contributed by atoms with Crippen LogP contribution in [0.1, 0.15) is 80.7 Å². The fourth-order valence-electron chi connectivity index (χ4n) is 6.53. The van der Waals surface area contributed by atoms with Crippen LogP contribution in [0.4, 0.5) is 17.5 Å². The van der Waals surface area contributed by atoms with Crippen molar-refractivity contribution >= 4 is 40.4 Å². The molecular weight excluding hydrogens is 532 g/mol. The fourth-order valence-corrected chi connectivity index (χ4v) is 6.53. The maximum Gasteiger partial charge on any atom is 0.352 e. The van der Waals surface area contributed by atoms with E-state index in [0.29, 0.717) is 29.7 Å². The van der Waals surface area contributed by atoms with Gasteiger partial charge >= 0.3 is 5.97 Å². The third-order valence-electron chi connectivity index (χ3n) is 8.71. The molecule has 226 valence electrons. The van der Waals surface area contributed by atoms with E-state index in [-0.39, 0.29) is 11.7 Å². The smallest absolute Gasteiger partial charge is 0.352 e. The molecule has 1 saturated heterocycles. The monoisotopic (exact) mass is 576 g/mol. The molecule has 3 aliphatic rings. The SMILES string of the molecule is CNC.O=C(O)c1cc2cnc(Nc3ccc(N4CCN(C(=O)CCC5CCCC5)CC4)cn3)nc2n1C1CCCC1. The van der Waals surface area contributed by atoms with Crippen molar-refractivity contribution < 1.29 is 14.7 Å². The summed E-state index contributed by atoms with van der Waals surface area (Å²) in [5.41, 5.74) is 1.93. The maximum atomic E-state index is 12.7. The molecule has 0 spiro atoms. The van der Waals surface area contributed by atoms with Gasteiger partial charge in [0.1, 0.15) is 17.2 Å². The standard InChI is InChI=1S/C29H37N7O3.C2H7N/c37-26(12-9-20-5-1-2-6-20)35-15-13-34(14-16-35)23-10-11-25(30-19-23)32-29-31-18-21-17-24(28(38)39)36(27(21)33-29)22-7-3-4-8-22;1-3-2/h10-11,17-20,22H,1-9,12-16H2,(H,38,39)(H,30,31,32,33);3H,1-2H3. The van der Waals surface area contributed by atoms with Crippen LogP contribution in [-0.2, 0) is 4.79 Å². The lowest BCUT2D eigenvalue weighted by Gasteiger charge is -2.36. The highest BCUT2D eigenvalue weighted by atomic mass is 16.4. The summed E-state index contributed by atoms with van der Waals surface area (Å²) in [4.78, 5) is 42.5. The molecule has 0 atom stereocenters. The summed E-state index contributed by atoms with van der Waals surface area (Å²) in [6.45, 7) is 3.09. The van der Waals surface area contributed by atoms with Crippen LogP contribution in [0.2, 0.25) is 0 Å². The summed E-state index contributed by atoms with van der Waals surface area (Å²) in [7, 11) is 3.75. The summed E-state index contributed by atoms with van der Waals surface area (Å²) >= 11 is 0. The van der Waals surface area contributed by atoms with E-state index in [1.54, 1.807) is 12.3 Å². The van der Waals surface area contributed by atoms with E-state index in [1.165, 1.54) is 25.7 Å². The first-order chi connectivity index (χ1) is 20.5. The Labute approximate surface area is 247 Å². The van der Waals surface area contributed by atoms with Crippen molar-refractivity contribution in [1.29, 1.82) is 0 Å². The van der Waals surface area contributed by atoms with Crippen molar-refractivity contribution in [2.45, 2.75) is 70.3 Å². The molecule has 2 saturated carbocycles. The van der Waals surface area contributed by atoms with Gasteiger partial charge in [0, 0.05) is 50.2 Å². The number of hydrogen-bond acceptors (Lipinski definition) is 8. The zero-order chi connectivity index (χ0) is 29.5. The zero-order valence-corrected chi connectivity index (χ0v) is 24.9. The summed E-state index contributed by atoms with van der Waals surface area (Å²) in [5, 5.41) is 16.4. The van der Waals surface area contributed by atoms with E-state index in [1.807, 2.05) is 41.9 Å². The Balaban J connectivity index is 0.00000113. The number of nitrogens with one attached hydrogen (secondary N) is 2. The Morgan fingerprint density at radius 2 is 1.64 bits per heavy atom. The number of pyridine rings is 1. The van der Waals surface area contributed by atoms with Crippen molar-refractivity contribution in [1.82, 2.24) is 29.7 Å². The predicted molar refractivity (Wildman–Crippen MR) is 164 cm³/mol. The number of fused-ring (bicyclic) bond motifs is 1. The molecule has 11 heteroatoms. The van der Waals surface area contributed by atoms with Crippen molar-refractivity contribution in [3.63, 3.8) is 0 Å². The topological polar surface area (TPSA) is 129 Å². The number of rotatable bonds is 8. The van der Waals surface area contributed by atoms with Gasteiger partial charge in [-0.2, -0.15) is 4.98 Å². The summed E-state index contributed by atoms with van der Waals surface area (Å²) in [5.74, 6) is 1.12. The average Bonchev–Trinajstić information content (AvgIpc) is 3.78. The number of carboxylic acid groups (broad SMARTS) is 1. The molecule has 3 aromatic rings. The number of aromatic nitrogens is 4. The molecule has 3 N–H and O–H groups in total. The van der Waals surface area contributed by atoms with Crippen molar-refractivity contribution in [2.24, 2.45) is 5.92 Å². The van der Waals surface area contributed by atoms with Crippen molar-refractivity contribution in [3.05, 3.63) is 36.3 Å². The highest BCUT2D eigenvalue weighted by molar-refractivity contribution is 5.93. The third kappa shape index (κ3) is 7.00. The quantitative estimate of drug-likeness (QED) is 0.345. The number of carbonyl (C=O) groups is 2. The molecule has 0 bridgehead atoms. The summed E-state index contributed by atoms with van der Waals surface area (Å²) in [6.07, 6.45) is 14.6. The number of piperazine rings is 1. The predicted octanol–water partition coefficient (Wildman–Crippen LogP) is 4.84. The lowest BCUT2D eigenvalue weighted by molar-refractivity contribution is -0.131. The molecule has 1 aliphatic heterocycles. The average molecular weight is 577 g/mol. The van der Waals surface area contributed by atoms with Crippen LogP contribution in [0, 0.1) is 5.92 Å². The van der Waals surface area contributed by atoms with Gasteiger partial charge in [-0.1, -0.05) is 38.5 Å². The molecular formula is C31H44N8O3. The van der Waals surface area contributed by atoms with Gasteiger partial charge in [-0.25, -0.2) is 14.8 Å². The Kier molecular flexibility index (Phi) is 9.89. The van der Waals surface area contributed by atoms with Gasteiger partial charge in [-0.3, -0.25) is 4.79 Å². The number of carbonyl (C=O) groups excluding carboxylic acids is 1. The van der Waals surface area contributed by atoms with Gasteiger partial charge < -0.3 is 30.1 Å². The van der Waals surface area contributed by atoms with E-state index >= 15 is 0 Å². The van der Waals surface area contributed by atoms with Crippen LogP contribution in [0.15, 0.2) is 30.6 Å². The Bertz CT molecular complexity index is 1340. The third-order valence-corrected chi connectivity index (χ3v) is 8.71. The second-order valence-corrected chi connectivity index (χ2v) is 11.7. The molecule has 11 nitrogen and oxygen atoms in total. The normalized spacial score (nSPS) is 17.9. The second kappa shape index (κ2) is 14.0. The number of anilines is 3. The highest BCUT2D eigenvalue weighted by Crippen LogP contribution is 2.34. The molecule has 3 fully saturated rings. The van der Waals surface area contributed by atoms with Gasteiger partial charge in [0.05, 0.1) is 11.9 Å². The Hall–Kier alpha value is -3.73. The first-order valence-electron chi connectivity index (χ1n) is 15.4.